The highest BCUT2D eigenvalue weighted by molar-refractivity contribution is 7.14. The van der Waals surface area contributed by atoms with Gasteiger partial charge in [-0.05, 0) is 22.9 Å². The van der Waals surface area contributed by atoms with E-state index in [0.717, 1.165) is 26.6 Å². The van der Waals surface area contributed by atoms with Gasteiger partial charge in [0.15, 0.2) is 5.82 Å². The zero-order valence-corrected chi connectivity index (χ0v) is 13.0. The second kappa shape index (κ2) is 4.95. The van der Waals surface area contributed by atoms with Gasteiger partial charge in [0, 0.05) is 10.8 Å². The zero-order valence-electron chi connectivity index (χ0n) is 10.7. The van der Waals surface area contributed by atoms with E-state index < -0.39 is 0 Å². The Morgan fingerprint density at radius 1 is 0.857 bits per heavy atom. The van der Waals surface area contributed by atoms with Gasteiger partial charge in [0.2, 0.25) is 0 Å². The number of fused-ring (bicyclic) bond motifs is 3. The lowest BCUT2D eigenvalue weighted by Gasteiger charge is -2.06. The molecule has 2 aromatic heterocycles. The van der Waals surface area contributed by atoms with Crippen LogP contribution in [0.2, 0.25) is 10.2 Å². The fourth-order valence-corrected chi connectivity index (χ4v) is 3.69. The van der Waals surface area contributed by atoms with Crippen molar-refractivity contribution >= 4 is 56.2 Å². The van der Waals surface area contributed by atoms with Gasteiger partial charge in [-0.25, -0.2) is 9.97 Å². The van der Waals surface area contributed by atoms with E-state index in [0.29, 0.717) is 16.0 Å². The number of halogens is 2. The van der Waals surface area contributed by atoms with Gasteiger partial charge in [0.25, 0.3) is 0 Å². The Kier molecular flexibility index (Phi) is 3.07. The van der Waals surface area contributed by atoms with Gasteiger partial charge >= 0.3 is 0 Å². The van der Waals surface area contributed by atoms with Gasteiger partial charge in [0.05, 0.1) is 15.4 Å². The summed E-state index contributed by atoms with van der Waals surface area (Å²) in [5, 5.41) is 6.06. The summed E-state index contributed by atoms with van der Waals surface area (Å²) in [6.45, 7) is 0. The standard InChI is InChI=1S/C16H8Cl2N2S/c17-12-7-8-21-14(12)16-19-13-10-4-2-1-3-9(10)5-6-11(13)15(18)20-16/h1-8H. The average molecular weight is 331 g/mol. The van der Waals surface area contributed by atoms with Crippen molar-refractivity contribution in [2.75, 3.05) is 0 Å². The first-order chi connectivity index (χ1) is 10.2. The normalized spacial score (nSPS) is 11.3. The summed E-state index contributed by atoms with van der Waals surface area (Å²) < 4.78 is 0. The van der Waals surface area contributed by atoms with Crippen LogP contribution in [0, 0.1) is 0 Å². The molecular weight excluding hydrogens is 323 g/mol. The number of thiophene rings is 1. The fourth-order valence-electron chi connectivity index (χ4n) is 2.38. The van der Waals surface area contributed by atoms with Crippen molar-refractivity contribution in [3.8, 4) is 10.7 Å². The first-order valence-corrected chi connectivity index (χ1v) is 7.96. The Labute approximate surface area is 135 Å². The van der Waals surface area contributed by atoms with E-state index in [9.17, 15) is 0 Å². The molecule has 5 heteroatoms. The quantitative estimate of drug-likeness (QED) is 0.324. The Hall–Kier alpha value is -1.68. The third-order valence-electron chi connectivity index (χ3n) is 3.36. The number of hydrogen-bond donors (Lipinski definition) is 0. The summed E-state index contributed by atoms with van der Waals surface area (Å²) in [5.74, 6) is 0.573. The predicted octanol–water partition coefficient (Wildman–Crippen LogP) is 5.82. The van der Waals surface area contributed by atoms with Crippen molar-refractivity contribution in [3.05, 3.63) is 58.0 Å². The highest BCUT2D eigenvalue weighted by atomic mass is 35.5. The predicted molar refractivity (Wildman–Crippen MR) is 90.4 cm³/mol. The molecule has 4 rings (SSSR count). The lowest BCUT2D eigenvalue weighted by Crippen LogP contribution is -1.91. The molecule has 0 N–H and O–H groups in total. The Balaban J connectivity index is 2.12. The molecule has 0 unspecified atom stereocenters. The van der Waals surface area contributed by atoms with Crippen LogP contribution in [-0.4, -0.2) is 9.97 Å². The van der Waals surface area contributed by atoms with Crippen molar-refractivity contribution in [2.24, 2.45) is 0 Å². The molecule has 21 heavy (non-hydrogen) atoms. The second-order valence-electron chi connectivity index (χ2n) is 4.62. The SMILES string of the molecule is Clc1ccsc1-c1nc(Cl)c2ccc3ccccc3c2n1. The van der Waals surface area contributed by atoms with E-state index in [1.54, 1.807) is 0 Å². The van der Waals surface area contributed by atoms with Crippen molar-refractivity contribution in [2.45, 2.75) is 0 Å². The first kappa shape index (κ1) is 13.0. The maximum atomic E-state index is 6.34. The molecule has 2 aromatic carbocycles. The zero-order chi connectivity index (χ0) is 14.4. The third-order valence-corrected chi connectivity index (χ3v) is 4.99. The van der Waals surface area contributed by atoms with Gasteiger partial charge < -0.3 is 0 Å². The number of benzene rings is 2. The van der Waals surface area contributed by atoms with E-state index in [1.807, 2.05) is 41.8 Å². The van der Waals surface area contributed by atoms with Gasteiger partial charge in [0.1, 0.15) is 5.15 Å². The summed E-state index contributed by atoms with van der Waals surface area (Å²) in [4.78, 5) is 9.93. The molecule has 0 bridgehead atoms. The van der Waals surface area contributed by atoms with E-state index in [-0.39, 0.29) is 0 Å². The molecule has 0 amide bonds. The summed E-state index contributed by atoms with van der Waals surface area (Å²) in [6, 6.07) is 13.9. The largest absolute Gasteiger partial charge is 0.226 e. The van der Waals surface area contributed by atoms with E-state index >= 15 is 0 Å². The summed E-state index contributed by atoms with van der Waals surface area (Å²) >= 11 is 14.0. The second-order valence-corrected chi connectivity index (χ2v) is 6.30. The molecule has 2 heterocycles. The molecule has 0 fully saturated rings. The van der Waals surface area contributed by atoms with Crippen LogP contribution in [0.3, 0.4) is 0 Å². The van der Waals surface area contributed by atoms with E-state index in [1.165, 1.54) is 11.3 Å². The molecule has 0 aliphatic carbocycles. The van der Waals surface area contributed by atoms with Crippen LogP contribution < -0.4 is 0 Å². The molecule has 0 atom stereocenters. The summed E-state index contributed by atoms with van der Waals surface area (Å²) in [5.41, 5.74) is 0.854. The van der Waals surface area contributed by atoms with Crippen LogP contribution in [-0.2, 0) is 0 Å². The number of aromatic nitrogens is 2. The minimum absolute atomic E-state index is 0.449. The van der Waals surface area contributed by atoms with Crippen molar-refractivity contribution in [3.63, 3.8) is 0 Å². The maximum absolute atomic E-state index is 6.34. The summed E-state index contributed by atoms with van der Waals surface area (Å²) in [6.07, 6.45) is 0. The number of hydrogen-bond acceptors (Lipinski definition) is 3. The molecule has 2 nitrogen and oxygen atoms in total. The third kappa shape index (κ3) is 2.09. The topological polar surface area (TPSA) is 25.8 Å². The molecular formula is C16H8Cl2N2S. The number of nitrogens with zero attached hydrogens (tertiary/aromatic N) is 2. The van der Waals surface area contributed by atoms with Crippen LogP contribution in [0.1, 0.15) is 0 Å². The van der Waals surface area contributed by atoms with Gasteiger partial charge in [-0.2, -0.15) is 0 Å². The average Bonchev–Trinajstić information content (AvgIpc) is 2.93. The monoisotopic (exact) mass is 330 g/mol. The molecule has 102 valence electrons. The van der Waals surface area contributed by atoms with Crippen LogP contribution in [0.25, 0.3) is 32.4 Å². The molecule has 4 aromatic rings. The van der Waals surface area contributed by atoms with Gasteiger partial charge in [-0.1, -0.05) is 53.5 Å². The van der Waals surface area contributed by atoms with Crippen LogP contribution in [0.5, 0.6) is 0 Å². The minimum Gasteiger partial charge on any atom is -0.226 e. The fraction of sp³-hybridized carbons (Fsp3) is 0. The lowest BCUT2D eigenvalue weighted by atomic mass is 10.1. The molecule has 0 aliphatic heterocycles. The van der Waals surface area contributed by atoms with Crippen molar-refractivity contribution in [1.29, 1.82) is 0 Å². The Morgan fingerprint density at radius 2 is 1.71 bits per heavy atom. The number of rotatable bonds is 1. The van der Waals surface area contributed by atoms with Crippen LogP contribution >= 0.6 is 34.5 Å². The van der Waals surface area contributed by atoms with Gasteiger partial charge in [-0.3, -0.25) is 0 Å². The Morgan fingerprint density at radius 3 is 2.52 bits per heavy atom. The Bertz CT molecular complexity index is 979. The molecule has 0 spiro atoms. The maximum Gasteiger partial charge on any atom is 0.173 e. The highest BCUT2D eigenvalue weighted by Crippen LogP contribution is 2.35. The van der Waals surface area contributed by atoms with Crippen LogP contribution in [0.15, 0.2) is 47.8 Å². The molecule has 0 aliphatic rings. The molecule has 0 saturated heterocycles. The van der Waals surface area contributed by atoms with Crippen LogP contribution in [0.4, 0.5) is 0 Å². The van der Waals surface area contributed by atoms with Crippen molar-refractivity contribution in [1.82, 2.24) is 9.97 Å². The summed E-state index contributed by atoms with van der Waals surface area (Å²) in [7, 11) is 0. The lowest BCUT2D eigenvalue weighted by molar-refractivity contribution is 1.24. The molecule has 0 radical (unpaired) electrons. The smallest absolute Gasteiger partial charge is 0.173 e. The van der Waals surface area contributed by atoms with E-state index in [4.69, 9.17) is 28.2 Å². The molecule has 0 saturated carbocycles. The van der Waals surface area contributed by atoms with Gasteiger partial charge in [-0.15, -0.1) is 11.3 Å². The minimum atomic E-state index is 0.449. The first-order valence-electron chi connectivity index (χ1n) is 6.32. The highest BCUT2D eigenvalue weighted by Gasteiger charge is 2.13. The van der Waals surface area contributed by atoms with Crippen molar-refractivity contribution < 1.29 is 0 Å². The van der Waals surface area contributed by atoms with E-state index in [2.05, 4.69) is 11.1 Å².